The fourth-order valence-corrected chi connectivity index (χ4v) is 8.55. The maximum absolute atomic E-state index is 14.1. The second kappa shape index (κ2) is 15.3. The third-order valence-corrected chi connectivity index (χ3v) is 11.1. The van der Waals surface area contributed by atoms with Crippen LogP contribution in [0.2, 0.25) is 5.02 Å². The van der Waals surface area contributed by atoms with Crippen molar-refractivity contribution in [2.45, 2.75) is 88.3 Å². The Morgan fingerprint density at radius 3 is 2.04 bits per heavy atom. The van der Waals surface area contributed by atoms with Crippen LogP contribution in [-0.2, 0) is 14.8 Å². The van der Waals surface area contributed by atoms with Crippen LogP contribution in [0.15, 0.2) is 72.8 Å². The zero-order valence-corrected chi connectivity index (χ0v) is 28.0. The van der Waals surface area contributed by atoms with Crippen molar-refractivity contribution in [2.75, 3.05) is 17.5 Å². The maximum Gasteiger partial charge on any atom is 0.407 e. The number of fused-ring (bicyclic) bond motifs is 2. The molecular formula is C36H41ClF3NO5S. The van der Waals surface area contributed by atoms with E-state index >= 15 is 0 Å². The molecule has 2 bridgehead atoms. The van der Waals surface area contributed by atoms with Gasteiger partial charge in [0.05, 0.1) is 18.4 Å². The van der Waals surface area contributed by atoms with Crippen LogP contribution in [0.3, 0.4) is 0 Å². The Morgan fingerprint density at radius 1 is 0.851 bits per heavy atom. The van der Waals surface area contributed by atoms with Gasteiger partial charge in [0.1, 0.15) is 29.4 Å². The van der Waals surface area contributed by atoms with Gasteiger partial charge in [0.25, 0.3) is 0 Å². The van der Waals surface area contributed by atoms with Gasteiger partial charge >= 0.3 is 6.18 Å². The van der Waals surface area contributed by atoms with Crippen LogP contribution in [0.25, 0.3) is 11.1 Å². The highest BCUT2D eigenvalue weighted by Crippen LogP contribution is 2.51. The summed E-state index contributed by atoms with van der Waals surface area (Å²) >= 11 is 5.95. The molecule has 0 amide bonds. The fourth-order valence-electron chi connectivity index (χ4n) is 6.42. The molecule has 0 unspecified atom stereocenters. The fraction of sp³-hybridized carbons (Fsp3) is 0.444. The van der Waals surface area contributed by atoms with E-state index in [-0.39, 0.29) is 22.9 Å². The summed E-state index contributed by atoms with van der Waals surface area (Å²) in [7, 11) is -4.57. The summed E-state index contributed by atoms with van der Waals surface area (Å²) in [4.78, 5) is 0. The van der Waals surface area contributed by atoms with Gasteiger partial charge < -0.3 is 14.6 Å². The van der Waals surface area contributed by atoms with Crippen molar-refractivity contribution in [3.8, 4) is 11.5 Å². The summed E-state index contributed by atoms with van der Waals surface area (Å²) in [5.41, 5.74) is 2.65. The minimum atomic E-state index is -4.79. The Morgan fingerprint density at radius 2 is 1.43 bits per heavy atom. The van der Waals surface area contributed by atoms with Crippen molar-refractivity contribution in [1.82, 2.24) is 0 Å². The van der Waals surface area contributed by atoms with Gasteiger partial charge in [-0.3, -0.25) is 4.31 Å². The molecule has 1 N–H and O–H groups in total. The molecule has 0 spiro atoms. The average molecular weight is 692 g/mol. The SMILES string of the molecule is CCCCCCCCCCOc1ccc(C2=C(c3ccc(O)cc3)[C@H]3C[C@H](S(=O)(=O)N(CC(F)(F)F)c4ccc(Cl)cc4)[C@@H]2O3)cc1. The molecule has 0 aliphatic carbocycles. The minimum Gasteiger partial charge on any atom is -0.508 e. The molecule has 2 aliphatic rings. The molecule has 0 aromatic heterocycles. The van der Waals surface area contributed by atoms with E-state index in [9.17, 15) is 26.7 Å². The Bertz CT molecular complexity index is 1610. The number of phenolic OH excluding ortho intramolecular Hbond substituents is 1. The molecule has 1 fully saturated rings. The first-order chi connectivity index (χ1) is 22.5. The van der Waals surface area contributed by atoms with Crippen LogP contribution < -0.4 is 9.04 Å². The van der Waals surface area contributed by atoms with Gasteiger partial charge in [-0.25, -0.2) is 8.42 Å². The number of benzene rings is 3. The molecule has 254 valence electrons. The van der Waals surface area contributed by atoms with E-state index in [1.54, 1.807) is 12.1 Å². The first kappa shape index (κ1) is 35.1. The number of phenols is 1. The molecule has 47 heavy (non-hydrogen) atoms. The molecule has 3 aromatic carbocycles. The lowest BCUT2D eigenvalue weighted by molar-refractivity contribution is -0.117. The number of hydrogen-bond donors (Lipinski definition) is 1. The second-order valence-corrected chi connectivity index (χ2v) is 14.7. The van der Waals surface area contributed by atoms with Crippen LogP contribution in [0, 0.1) is 0 Å². The summed E-state index contributed by atoms with van der Waals surface area (Å²) in [5.74, 6) is 0.750. The highest BCUT2D eigenvalue weighted by molar-refractivity contribution is 7.93. The molecule has 3 atom stereocenters. The van der Waals surface area contributed by atoms with Gasteiger partial charge in [0.2, 0.25) is 10.0 Å². The quantitative estimate of drug-likeness (QED) is 0.152. The summed E-state index contributed by atoms with van der Waals surface area (Å²) in [6.45, 7) is 1.12. The van der Waals surface area contributed by atoms with E-state index in [0.717, 1.165) is 24.0 Å². The predicted molar refractivity (Wildman–Crippen MR) is 180 cm³/mol. The van der Waals surface area contributed by atoms with Gasteiger partial charge in [-0.1, -0.05) is 87.7 Å². The van der Waals surface area contributed by atoms with E-state index in [0.29, 0.717) is 27.8 Å². The summed E-state index contributed by atoms with van der Waals surface area (Å²) in [6, 6.07) is 19.1. The van der Waals surface area contributed by atoms with Crippen LogP contribution in [0.4, 0.5) is 18.9 Å². The van der Waals surface area contributed by atoms with E-state index in [1.807, 2.05) is 24.3 Å². The van der Waals surface area contributed by atoms with E-state index in [4.69, 9.17) is 21.1 Å². The van der Waals surface area contributed by atoms with Crippen LogP contribution >= 0.6 is 11.6 Å². The van der Waals surface area contributed by atoms with Crippen LogP contribution in [0.5, 0.6) is 11.5 Å². The third-order valence-electron chi connectivity index (χ3n) is 8.73. The maximum atomic E-state index is 14.1. The van der Waals surface area contributed by atoms with Crippen molar-refractivity contribution in [3.63, 3.8) is 0 Å². The number of aromatic hydroxyl groups is 1. The number of anilines is 1. The molecule has 0 radical (unpaired) electrons. The number of ether oxygens (including phenoxy) is 2. The topological polar surface area (TPSA) is 76.1 Å². The van der Waals surface area contributed by atoms with Crippen molar-refractivity contribution in [1.29, 1.82) is 0 Å². The lowest BCUT2D eigenvalue weighted by Gasteiger charge is -2.32. The molecule has 2 aliphatic heterocycles. The Hall–Kier alpha value is -3.21. The molecule has 0 saturated carbocycles. The van der Waals surface area contributed by atoms with Gasteiger partial charge in [0.15, 0.2) is 0 Å². The second-order valence-electron chi connectivity index (χ2n) is 12.2. The lowest BCUT2D eigenvalue weighted by Crippen LogP contribution is -2.47. The number of hydrogen-bond acceptors (Lipinski definition) is 5. The first-order valence-corrected chi connectivity index (χ1v) is 18.1. The zero-order valence-electron chi connectivity index (χ0n) is 26.4. The van der Waals surface area contributed by atoms with Gasteiger partial charge in [0, 0.05) is 5.02 Å². The monoisotopic (exact) mass is 691 g/mol. The van der Waals surface area contributed by atoms with E-state index in [1.165, 1.54) is 74.9 Å². The minimum absolute atomic E-state index is 0.0194. The number of sulfonamides is 1. The number of unbranched alkanes of at least 4 members (excludes halogenated alkanes) is 7. The average Bonchev–Trinajstić information content (AvgIpc) is 3.64. The summed E-state index contributed by atoms with van der Waals surface area (Å²) < 4.78 is 82.2. The van der Waals surface area contributed by atoms with E-state index in [2.05, 4.69) is 6.92 Å². The first-order valence-electron chi connectivity index (χ1n) is 16.2. The van der Waals surface area contributed by atoms with Crippen molar-refractivity contribution in [3.05, 3.63) is 88.9 Å². The molecule has 1 saturated heterocycles. The number of halogens is 4. The Kier molecular flexibility index (Phi) is 11.5. The van der Waals surface area contributed by atoms with Crippen LogP contribution in [-0.4, -0.2) is 50.3 Å². The largest absolute Gasteiger partial charge is 0.508 e. The Labute approximate surface area is 280 Å². The van der Waals surface area contributed by atoms with Crippen molar-refractivity contribution in [2.24, 2.45) is 0 Å². The number of rotatable bonds is 16. The predicted octanol–water partition coefficient (Wildman–Crippen LogP) is 9.41. The third kappa shape index (κ3) is 8.64. The number of alkyl halides is 3. The highest BCUT2D eigenvalue weighted by Gasteiger charge is 2.55. The van der Waals surface area contributed by atoms with Gasteiger partial charge in [-0.2, -0.15) is 13.2 Å². The smallest absolute Gasteiger partial charge is 0.407 e. The molecular weight excluding hydrogens is 651 g/mol. The van der Waals surface area contributed by atoms with E-state index < -0.39 is 40.2 Å². The van der Waals surface area contributed by atoms with Gasteiger partial charge in [-0.15, -0.1) is 0 Å². The lowest BCUT2D eigenvalue weighted by atomic mass is 9.83. The highest BCUT2D eigenvalue weighted by atomic mass is 35.5. The molecule has 5 rings (SSSR count). The molecule has 3 aromatic rings. The van der Waals surface area contributed by atoms with Crippen molar-refractivity contribution >= 4 is 38.5 Å². The standard InChI is InChI=1S/C36H41ClF3NO5S/c1-2-3-4-5-6-7-8-9-22-45-30-20-12-26(13-21-30)34-33(25-10-18-29(42)19-11-25)31-23-32(35(34)46-31)47(43,44)41(24-36(38,39)40)28-16-14-27(37)15-17-28/h10-21,31-32,35,42H,2-9,22-24H2,1H3/t31-,32+,35+/m1/s1. The Balaban J connectivity index is 1.38. The van der Waals surface area contributed by atoms with Crippen LogP contribution in [0.1, 0.15) is 75.8 Å². The number of nitrogens with zero attached hydrogens (tertiary/aromatic N) is 1. The van der Waals surface area contributed by atoms with Gasteiger partial charge in [-0.05, 0) is 83.6 Å². The molecule has 6 nitrogen and oxygen atoms in total. The normalized spacial score (nSPS) is 19.4. The summed E-state index contributed by atoms with van der Waals surface area (Å²) in [6.07, 6.45) is 3.07. The molecule has 11 heteroatoms. The zero-order chi connectivity index (χ0) is 33.6. The van der Waals surface area contributed by atoms with Crippen molar-refractivity contribution < 1.29 is 36.2 Å². The molecule has 2 heterocycles. The summed E-state index contributed by atoms with van der Waals surface area (Å²) in [5, 5.41) is 8.90.